The number of allylic oxidation sites excluding steroid dienone is 1. The number of para-hydroxylation sites is 2. The van der Waals surface area contributed by atoms with Crippen molar-refractivity contribution in [2.75, 3.05) is 4.90 Å². The van der Waals surface area contributed by atoms with E-state index in [9.17, 15) is 0 Å². The van der Waals surface area contributed by atoms with Crippen molar-refractivity contribution in [1.82, 2.24) is 4.57 Å². The molecule has 9 aromatic carbocycles. The average molecular weight is 811 g/mol. The maximum absolute atomic E-state index is 6.67. The zero-order valence-electron chi connectivity index (χ0n) is 34.8. The van der Waals surface area contributed by atoms with Crippen LogP contribution in [0, 0.1) is 0 Å². The zero-order chi connectivity index (χ0) is 41.9. The summed E-state index contributed by atoms with van der Waals surface area (Å²) in [6.07, 6.45) is 3.10. The monoisotopic (exact) mass is 810 g/mol. The molecule has 1 atom stereocenters. The van der Waals surface area contributed by atoms with Gasteiger partial charge in [-0.25, -0.2) is 0 Å². The normalized spacial score (nSPS) is 13.8. The van der Waals surface area contributed by atoms with Gasteiger partial charge in [0.1, 0.15) is 22.7 Å². The Hall–Kier alpha value is -8.08. The number of anilines is 3. The molecule has 300 valence electrons. The van der Waals surface area contributed by atoms with Crippen LogP contribution in [-0.2, 0) is 0 Å². The fraction of sp³-hybridized carbons (Fsp3) is 0.0508. The van der Waals surface area contributed by atoms with E-state index in [1.807, 2.05) is 6.07 Å². The van der Waals surface area contributed by atoms with Gasteiger partial charge in [0, 0.05) is 55.4 Å². The summed E-state index contributed by atoms with van der Waals surface area (Å²) >= 11 is 0. The Kier molecular flexibility index (Phi) is 8.82. The number of hydrogen-bond acceptors (Lipinski definition) is 3. The van der Waals surface area contributed by atoms with E-state index in [4.69, 9.17) is 9.15 Å². The third-order valence-corrected chi connectivity index (χ3v) is 12.7. The lowest BCUT2D eigenvalue weighted by Crippen LogP contribution is -2.10. The van der Waals surface area contributed by atoms with Crippen LogP contribution in [-0.4, -0.2) is 4.57 Å². The zero-order valence-corrected chi connectivity index (χ0v) is 34.8. The van der Waals surface area contributed by atoms with E-state index in [2.05, 4.69) is 229 Å². The topological polar surface area (TPSA) is 30.5 Å². The van der Waals surface area contributed by atoms with Crippen molar-refractivity contribution in [3.05, 3.63) is 230 Å². The SMILES string of the molecule is CC1CC=C(c2ccccc2)Oc2ccc3oc4ccc(-c5ccc(N(c6ccc(-c7ccccc7)cc6)c6ccc7c(c6)c6ccccc6n7-c6ccccc6)cc5)cc4c3c21. The Morgan fingerprint density at radius 2 is 1.03 bits per heavy atom. The van der Waals surface area contributed by atoms with Crippen LogP contribution in [0.4, 0.5) is 17.1 Å². The first-order valence-corrected chi connectivity index (χ1v) is 21.7. The second-order valence-electron chi connectivity index (χ2n) is 16.5. The van der Waals surface area contributed by atoms with Crippen molar-refractivity contribution < 1.29 is 9.15 Å². The van der Waals surface area contributed by atoms with Crippen LogP contribution in [0.15, 0.2) is 223 Å². The highest BCUT2D eigenvalue weighted by molar-refractivity contribution is 6.11. The highest BCUT2D eigenvalue weighted by Crippen LogP contribution is 2.46. The number of hydrogen-bond donors (Lipinski definition) is 0. The second-order valence-corrected chi connectivity index (χ2v) is 16.5. The molecule has 0 fully saturated rings. The van der Waals surface area contributed by atoms with Gasteiger partial charge < -0.3 is 18.6 Å². The first-order valence-electron chi connectivity index (χ1n) is 21.7. The highest BCUT2D eigenvalue weighted by Gasteiger charge is 2.25. The molecule has 1 aliphatic rings. The van der Waals surface area contributed by atoms with Crippen LogP contribution >= 0.6 is 0 Å². The molecule has 0 amide bonds. The quantitative estimate of drug-likeness (QED) is 0.161. The molecule has 4 heteroatoms. The van der Waals surface area contributed by atoms with Crippen LogP contribution in [0.5, 0.6) is 5.75 Å². The number of rotatable bonds is 7. The molecule has 0 radical (unpaired) electrons. The second kappa shape index (κ2) is 15.1. The van der Waals surface area contributed by atoms with E-state index < -0.39 is 0 Å². The molecule has 0 saturated heterocycles. The van der Waals surface area contributed by atoms with Crippen LogP contribution in [0.1, 0.15) is 30.4 Å². The molecule has 1 aliphatic heterocycles. The van der Waals surface area contributed by atoms with Gasteiger partial charge in [0.2, 0.25) is 0 Å². The maximum Gasteiger partial charge on any atom is 0.135 e. The minimum atomic E-state index is 0.246. The fourth-order valence-electron chi connectivity index (χ4n) is 9.61. The largest absolute Gasteiger partial charge is 0.457 e. The molecular weight excluding hydrogens is 769 g/mol. The van der Waals surface area contributed by atoms with Crippen LogP contribution in [0.2, 0.25) is 0 Å². The van der Waals surface area contributed by atoms with E-state index in [1.54, 1.807) is 0 Å². The molecule has 0 spiro atoms. The Morgan fingerprint density at radius 3 is 1.76 bits per heavy atom. The lowest BCUT2D eigenvalue weighted by molar-refractivity contribution is 0.511. The summed E-state index contributed by atoms with van der Waals surface area (Å²) < 4.78 is 15.5. The Morgan fingerprint density at radius 1 is 0.460 bits per heavy atom. The van der Waals surface area contributed by atoms with E-state index >= 15 is 0 Å². The van der Waals surface area contributed by atoms with Gasteiger partial charge in [-0.2, -0.15) is 0 Å². The molecule has 2 aromatic heterocycles. The highest BCUT2D eigenvalue weighted by atomic mass is 16.5. The van der Waals surface area contributed by atoms with Crippen molar-refractivity contribution in [3.63, 3.8) is 0 Å². The van der Waals surface area contributed by atoms with Crippen LogP contribution in [0.3, 0.4) is 0 Å². The molecule has 1 unspecified atom stereocenters. The molecule has 0 bridgehead atoms. The van der Waals surface area contributed by atoms with E-state index in [-0.39, 0.29) is 5.92 Å². The first kappa shape index (κ1) is 36.7. The average Bonchev–Trinajstić information content (AvgIpc) is 3.83. The Balaban J connectivity index is 0.953. The summed E-state index contributed by atoms with van der Waals surface area (Å²) in [5, 5.41) is 4.66. The minimum Gasteiger partial charge on any atom is -0.457 e. The van der Waals surface area contributed by atoms with Gasteiger partial charge in [-0.15, -0.1) is 0 Å². The summed E-state index contributed by atoms with van der Waals surface area (Å²) in [7, 11) is 0. The number of benzene rings is 9. The van der Waals surface area contributed by atoms with E-state index in [1.165, 1.54) is 38.5 Å². The maximum atomic E-state index is 6.67. The van der Waals surface area contributed by atoms with Gasteiger partial charge in [-0.1, -0.05) is 134 Å². The molecular formula is C59H42N2O2. The lowest BCUT2D eigenvalue weighted by atomic mass is 9.92. The number of furan rings is 1. The molecule has 0 saturated carbocycles. The van der Waals surface area contributed by atoms with Crippen LogP contribution in [0.25, 0.3) is 77.4 Å². The van der Waals surface area contributed by atoms with Crippen LogP contribution < -0.4 is 9.64 Å². The van der Waals surface area contributed by atoms with Crippen molar-refractivity contribution in [1.29, 1.82) is 0 Å². The third-order valence-electron chi connectivity index (χ3n) is 12.7. The summed E-state index contributed by atoms with van der Waals surface area (Å²) in [4.78, 5) is 2.37. The fourth-order valence-corrected chi connectivity index (χ4v) is 9.61. The predicted molar refractivity (Wildman–Crippen MR) is 262 cm³/mol. The van der Waals surface area contributed by atoms with Gasteiger partial charge >= 0.3 is 0 Å². The summed E-state index contributed by atoms with van der Waals surface area (Å²) in [6.45, 7) is 2.29. The summed E-state index contributed by atoms with van der Waals surface area (Å²) in [5.41, 5.74) is 15.4. The molecule has 11 aromatic rings. The van der Waals surface area contributed by atoms with Gasteiger partial charge in [-0.3, -0.25) is 0 Å². The third kappa shape index (κ3) is 6.38. The minimum absolute atomic E-state index is 0.246. The number of aromatic nitrogens is 1. The number of fused-ring (bicyclic) bond motifs is 8. The molecule has 63 heavy (non-hydrogen) atoms. The molecule has 3 heterocycles. The smallest absolute Gasteiger partial charge is 0.135 e. The lowest BCUT2D eigenvalue weighted by Gasteiger charge is -2.26. The standard InChI is InChI=1S/C59H42N2O2/c1-39-21-33-54(43-15-7-3-8-16-43)62-56-35-36-57-59(58(39)56)51-37-44(26-34-55(51)63-57)42-24-29-47(30-25-42)60(46-27-22-41(23-28-46)40-13-5-2-6-14-40)48-31-32-53-50(38-48)49-19-11-12-20-52(49)61(53)45-17-9-4-10-18-45/h2-20,22-39H,21H2,1H3. The molecule has 0 N–H and O–H groups in total. The van der Waals surface area contributed by atoms with Crippen molar-refractivity contribution in [2.24, 2.45) is 0 Å². The number of ether oxygens (including phenoxy) is 1. The van der Waals surface area contributed by atoms with Gasteiger partial charge in [0.05, 0.1) is 11.0 Å². The molecule has 0 aliphatic carbocycles. The summed E-state index contributed by atoms with van der Waals surface area (Å²) in [6, 6.07) is 75.7. The van der Waals surface area contributed by atoms with E-state index in [0.29, 0.717) is 0 Å². The molecule has 12 rings (SSSR count). The van der Waals surface area contributed by atoms with Crippen molar-refractivity contribution in [2.45, 2.75) is 19.3 Å². The number of nitrogens with zero attached hydrogens (tertiary/aromatic N) is 2. The van der Waals surface area contributed by atoms with Gasteiger partial charge in [0.25, 0.3) is 0 Å². The van der Waals surface area contributed by atoms with E-state index in [0.717, 1.165) is 79.3 Å². The van der Waals surface area contributed by atoms with Crippen molar-refractivity contribution in [3.8, 4) is 33.7 Å². The predicted octanol–water partition coefficient (Wildman–Crippen LogP) is 16.4. The summed E-state index contributed by atoms with van der Waals surface area (Å²) in [5.74, 6) is 2.03. The first-order chi connectivity index (χ1) is 31.1. The Bertz CT molecular complexity index is 3490. The van der Waals surface area contributed by atoms with Gasteiger partial charge in [0.15, 0.2) is 0 Å². The Labute approximate surface area is 366 Å². The van der Waals surface area contributed by atoms with Gasteiger partial charge in [-0.05, 0) is 126 Å². The molecule has 4 nitrogen and oxygen atoms in total. The van der Waals surface area contributed by atoms with Crippen molar-refractivity contribution >= 4 is 66.6 Å².